The van der Waals surface area contributed by atoms with Crippen LogP contribution in [0.1, 0.15) is 11.3 Å². The minimum Gasteiger partial charge on any atom is -0.497 e. The molecular weight excluding hydrogens is 330 g/mol. The molecule has 0 aliphatic rings. The number of rotatable bonds is 6. The lowest BCUT2D eigenvalue weighted by molar-refractivity contribution is 0.303. The quantitative estimate of drug-likeness (QED) is 0.306. The summed E-state index contributed by atoms with van der Waals surface area (Å²) in [6.45, 7) is 0.438. The first kappa shape index (κ1) is 17.2. The number of nitrogens with zero attached hydrogens (tertiary/aromatic N) is 3. The van der Waals surface area contributed by atoms with Crippen LogP contribution in [0.2, 0.25) is 0 Å². The third kappa shape index (κ3) is 3.89. The normalized spacial score (nSPS) is 11.2. The van der Waals surface area contributed by atoms with Gasteiger partial charge in [-0.1, -0.05) is 30.3 Å². The van der Waals surface area contributed by atoms with Gasteiger partial charge in [0.1, 0.15) is 23.8 Å². The van der Waals surface area contributed by atoms with Gasteiger partial charge in [-0.3, -0.25) is 4.98 Å². The summed E-state index contributed by atoms with van der Waals surface area (Å²) in [6, 6.07) is 15.3. The monoisotopic (exact) mass is 349 g/mol. The highest BCUT2D eigenvalue weighted by Gasteiger charge is 2.11. The second-order valence-corrected chi connectivity index (χ2v) is 5.43. The molecule has 0 aliphatic heterocycles. The van der Waals surface area contributed by atoms with Gasteiger partial charge in [-0.25, -0.2) is 4.98 Å². The molecule has 3 rings (SSSR count). The van der Waals surface area contributed by atoms with E-state index in [0.29, 0.717) is 18.0 Å². The summed E-state index contributed by atoms with van der Waals surface area (Å²) >= 11 is 0. The predicted molar refractivity (Wildman–Crippen MR) is 99.7 cm³/mol. The molecule has 0 saturated heterocycles. The van der Waals surface area contributed by atoms with Crippen LogP contribution >= 0.6 is 0 Å². The van der Waals surface area contributed by atoms with E-state index in [9.17, 15) is 0 Å². The third-order valence-electron chi connectivity index (χ3n) is 3.75. The Morgan fingerprint density at radius 1 is 1.04 bits per heavy atom. The van der Waals surface area contributed by atoms with E-state index in [2.05, 4.69) is 15.1 Å². The molecular formula is C19H19N5O2. The molecule has 2 aromatic carbocycles. The van der Waals surface area contributed by atoms with Crippen molar-refractivity contribution in [3.8, 4) is 22.8 Å². The maximum absolute atomic E-state index is 5.80. The second kappa shape index (κ2) is 7.98. The van der Waals surface area contributed by atoms with Crippen molar-refractivity contribution in [2.75, 3.05) is 7.11 Å². The lowest BCUT2D eigenvalue weighted by atomic mass is 10.1. The first-order chi connectivity index (χ1) is 12.7. The van der Waals surface area contributed by atoms with Crippen molar-refractivity contribution in [3.63, 3.8) is 0 Å². The Balaban J connectivity index is 1.75. The fourth-order valence-corrected chi connectivity index (χ4v) is 2.41. The Morgan fingerprint density at radius 3 is 2.50 bits per heavy atom. The molecule has 4 N–H and O–H groups in total. The Morgan fingerprint density at radius 2 is 1.77 bits per heavy atom. The maximum Gasteiger partial charge on any atom is 0.171 e. The third-order valence-corrected chi connectivity index (χ3v) is 3.75. The number of amidine groups is 1. The van der Waals surface area contributed by atoms with Gasteiger partial charge < -0.3 is 21.1 Å². The van der Waals surface area contributed by atoms with E-state index in [-0.39, 0.29) is 5.84 Å². The van der Waals surface area contributed by atoms with E-state index < -0.39 is 0 Å². The van der Waals surface area contributed by atoms with Gasteiger partial charge in [0.15, 0.2) is 5.84 Å². The van der Waals surface area contributed by atoms with Gasteiger partial charge in [0, 0.05) is 24.0 Å². The minimum absolute atomic E-state index is 0.138. The molecule has 0 fully saturated rings. The molecule has 7 heteroatoms. The van der Waals surface area contributed by atoms with Crippen LogP contribution in [0, 0.1) is 0 Å². The highest BCUT2D eigenvalue weighted by molar-refractivity contribution is 6.00. The van der Waals surface area contributed by atoms with Gasteiger partial charge in [0.2, 0.25) is 0 Å². The topological polar surface area (TPSA) is 109 Å². The molecule has 0 radical (unpaired) electrons. The molecule has 0 atom stereocenters. The Kier molecular flexibility index (Phi) is 5.28. The zero-order valence-electron chi connectivity index (χ0n) is 14.3. The van der Waals surface area contributed by atoms with Gasteiger partial charge in [0.05, 0.1) is 12.8 Å². The van der Waals surface area contributed by atoms with Crippen LogP contribution in [0.25, 0.3) is 11.3 Å². The molecule has 0 amide bonds. The summed E-state index contributed by atoms with van der Waals surface area (Å²) in [4.78, 5) is 8.54. The van der Waals surface area contributed by atoms with Crippen LogP contribution in [0.15, 0.2) is 66.0 Å². The summed E-state index contributed by atoms with van der Waals surface area (Å²) in [5.74, 6) is 6.90. The van der Waals surface area contributed by atoms with Crippen LogP contribution in [-0.2, 0) is 6.61 Å². The maximum atomic E-state index is 5.80. The molecule has 1 heterocycles. The van der Waals surface area contributed by atoms with Crippen LogP contribution in [-0.4, -0.2) is 22.9 Å². The zero-order valence-corrected chi connectivity index (χ0v) is 14.3. The molecule has 26 heavy (non-hydrogen) atoms. The van der Waals surface area contributed by atoms with Crippen LogP contribution in [0.3, 0.4) is 0 Å². The van der Waals surface area contributed by atoms with Gasteiger partial charge in [-0.15, -0.1) is 0 Å². The first-order valence-corrected chi connectivity index (χ1v) is 7.92. The lowest BCUT2D eigenvalue weighted by Gasteiger charge is -2.09. The summed E-state index contributed by atoms with van der Waals surface area (Å²) in [5, 5.41) is 3.50. The molecule has 132 valence electrons. The fourth-order valence-electron chi connectivity index (χ4n) is 2.41. The van der Waals surface area contributed by atoms with E-state index in [1.54, 1.807) is 19.5 Å². The first-order valence-electron chi connectivity index (χ1n) is 7.92. The van der Waals surface area contributed by atoms with Crippen molar-refractivity contribution in [1.29, 1.82) is 0 Å². The number of hydrogen-bond acceptors (Lipinski definition) is 6. The SMILES string of the molecule is COc1cccc(OCc2ccc(-c3nccnc3/C(N)=N/N)cc2)c1. The Bertz CT molecular complexity index is 910. The van der Waals surface area contributed by atoms with Crippen LogP contribution in [0.4, 0.5) is 0 Å². The number of benzene rings is 2. The van der Waals surface area contributed by atoms with E-state index in [1.165, 1.54) is 0 Å². The minimum atomic E-state index is 0.138. The van der Waals surface area contributed by atoms with E-state index in [1.807, 2.05) is 48.5 Å². The highest BCUT2D eigenvalue weighted by Crippen LogP contribution is 2.22. The smallest absolute Gasteiger partial charge is 0.171 e. The lowest BCUT2D eigenvalue weighted by Crippen LogP contribution is -2.18. The zero-order chi connectivity index (χ0) is 18.4. The summed E-state index contributed by atoms with van der Waals surface area (Å²) in [7, 11) is 1.63. The standard InChI is InChI=1S/C19H19N5O2/c1-25-15-3-2-4-16(11-15)26-12-13-5-7-14(8-6-13)17-18(19(20)24-21)23-10-9-22-17/h2-11H,12,21H2,1H3,(H2,20,24). The van der Waals surface area contributed by atoms with Gasteiger partial charge in [-0.05, 0) is 17.7 Å². The molecule has 0 spiro atoms. The number of aromatic nitrogens is 2. The van der Waals surface area contributed by atoms with Crippen molar-refractivity contribution >= 4 is 5.84 Å². The molecule has 0 bridgehead atoms. The second-order valence-electron chi connectivity index (χ2n) is 5.43. The van der Waals surface area contributed by atoms with Crippen molar-refractivity contribution in [2.24, 2.45) is 16.7 Å². The predicted octanol–water partition coefficient (Wildman–Crippen LogP) is 2.31. The van der Waals surface area contributed by atoms with Crippen LogP contribution < -0.4 is 21.1 Å². The fraction of sp³-hybridized carbons (Fsp3) is 0.105. The summed E-state index contributed by atoms with van der Waals surface area (Å²) in [6.07, 6.45) is 3.15. The van der Waals surface area contributed by atoms with Crippen LogP contribution in [0.5, 0.6) is 11.5 Å². The average Bonchev–Trinajstić information content (AvgIpc) is 2.72. The van der Waals surface area contributed by atoms with E-state index >= 15 is 0 Å². The number of methoxy groups -OCH3 is 1. The molecule has 0 unspecified atom stereocenters. The van der Waals surface area contributed by atoms with Crippen molar-refractivity contribution in [2.45, 2.75) is 6.61 Å². The molecule has 3 aromatic rings. The largest absolute Gasteiger partial charge is 0.497 e. The van der Waals surface area contributed by atoms with Crippen molar-refractivity contribution in [1.82, 2.24) is 9.97 Å². The average molecular weight is 349 g/mol. The highest BCUT2D eigenvalue weighted by atomic mass is 16.5. The molecule has 0 aliphatic carbocycles. The molecule has 0 saturated carbocycles. The van der Waals surface area contributed by atoms with Crippen molar-refractivity contribution < 1.29 is 9.47 Å². The Hall–Kier alpha value is -3.61. The molecule has 1 aromatic heterocycles. The van der Waals surface area contributed by atoms with Gasteiger partial charge in [0.25, 0.3) is 0 Å². The van der Waals surface area contributed by atoms with Crippen molar-refractivity contribution in [3.05, 3.63) is 72.2 Å². The van der Waals surface area contributed by atoms with E-state index in [0.717, 1.165) is 22.6 Å². The number of ether oxygens (including phenoxy) is 2. The van der Waals surface area contributed by atoms with Gasteiger partial charge >= 0.3 is 0 Å². The van der Waals surface area contributed by atoms with Gasteiger partial charge in [-0.2, -0.15) is 5.10 Å². The Labute approximate surface area is 151 Å². The summed E-state index contributed by atoms with van der Waals surface area (Å²) in [5.41, 5.74) is 8.75. The number of hydrazone groups is 1. The number of hydrogen-bond donors (Lipinski definition) is 2. The van der Waals surface area contributed by atoms with E-state index in [4.69, 9.17) is 21.1 Å². The molecule has 7 nitrogen and oxygen atoms in total. The summed E-state index contributed by atoms with van der Waals surface area (Å²) < 4.78 is 11.0. The number of nitrogens with two attached hydrogens (primary N) is 2.